The number of rotatable bonds is 4. The maximum absolute atomic E-state index is 11.2. The van der Waals surface area contributed by atoms with Crippen LogP contribution in [0.15, 0.2) is 14.7 Å². The van der Waals surface area contributed by atoms with Gasteiger partial charge in [0.2, 0.25) is 0 Å². The third-order valence-electron chi connectivity index (χ3n) is 2.92. The highest BCUT2D eigenvalue weighted by Gasteiger charge is 2.23. The van der Waals surface area contributed by atoms with Crippen molar-refractivity contribution in [3.63, 3.8) is 0 Å². The van der Waals surface area contributed by atoms with Crippen molar-refractivity contribution in [3.8, 4) is 0 Å². The van der Waals surface area contributed by atoms with Crippen molar-refractivity contribution < 1.29 is 4.74 Å². The van der Waals surface area contributed by atoms with Gasteiger partial charge in [-0.05, 0) is 6.42 Å². The molecule has 0 saturated carbocycles. The zero-order chi connectivity index (χ0) is 13.1. The van der Waals surface area contributed by atoms with Crippen molar-refractivity contribution in [3.05, 3.63) is 20.7 Å². The van der Waals surface area contributed by atoms with Crippen LogP contribution in [0.1, 0.15) is 6.42 Å². The summed E-state index contributed by atoms with van der Waals surface area (Å²) < 4.78 is 6.72. The van der Waals surface area contributed by atoms with E-state index in [1.54, 1.807) is 7.05 Å². The van der Waals surface area contributed by atoms with E-state index < -0.39 is 11.1 Å². The lowest BCUT2D eigenvalue weighted by molar-refractivity contribution is 0.182. The van der Waals surface area contributed by atoms with Crippen molar-refractivity contribution >= 4 is 11.8 Å². The van der Waals surface area contributed by atoms with Gasteiger partial charge < -0.3 is 10.5 Å². The molecule has 1 aliphatic heterocycles. The molecule has 0 spiro atoms. The fourth-order valence-electron chi connectivity index (χ4n) is 1.79. The summed E-state index contributed by atoms with van der Waals surface area (Å²) in [5, 5.41) is 2.87. The first-order valence-corrected chi connectivity index (χ1v) is 6.70. The molecule has 0 amide bonds. The third kappa shape index (κ3) is 3.01. The van der Waals surface area contributed by atoms with Crippen LogP contribution < -0.4 is 16.9 Å². The first-order chi connectivity index (χ1) is 8.58. The van der Waals surface area contributed by atoms with Crippen molar-refractivity contribution in [2.75, 3.05) is 19.0 Å². The minimum Gasteiger partial charge on any atom is -0.381 e. The molecule has 1 aromatic heterocycles. The summed E-state index contributed by atoms with van der Waals surface area (Å²) in [6.07, 6.45) is 0.972. The smallest absolute Gasteiger partial charge is 0.339 e. The predicted molar refractivity (Wildman–Crippen MR) is 67.7 cm³/mol. The molecule has 8 heteroatoms. The first-order valence-electron chi connectivity index (χ1n) is 5.71. The van der Waals surface area contributed by atoms with Crippen LogP contribution in [0.4, 0.5) is 0 Å². The standard InChI is InChI=1S/C10H16N4O3S/c1-14-10(12-8(15)9(16)13-14)18-5-7(11)6-2-3-17-4-6/h6-7H,2-5,11H2,1H3,(H,13,16). The minimum atomic E-state index is -0.770. The lowest BCUT2D eigenvalue weighted by Crippen LogP contribution is -2.35. The maximum atomic E-state index is 11.2. The molecule has 18 heavy (non-hydrogen) atoms. The van der Waals surface area contributed by atoms with E-state index in [0.29, 0.717) is 23.4 Å². The zero-order valence-corrected chi connectivity index (χ0v) is 10.9. The summed E-state index contributed by atoms with van der Waals surface area (Å²) in [5.41, 5.74) is 4.57. The number of nitrogens with zero attached hydrogens (tertiary/aromatic N) is 2. The Labute approximate surface area is 108 Å². The average molecular weight is 272 g/mol. The summed E-state index contributed by atoms with van der Waals surface area (Å²) in [4.78, 5) is 25.9. The molecule has 0 aromatic carbocycles. The molecule has 1 aliphatic rings. The van der Waals surface area contributed by atoms with Crippen LogP contribution in [0.25, 0.3) is 0 Å². The Balaban J connectivity index is 1.99. The number of aryl methyl sites for hydroxylation is 1. The van der Waals surface area contributed by atoms with Crippen LogP contribution in [-0.2, 0) is 11.8 Å². The van der Waals surface area contributed by atoms with Crippen LogP contribution in [0, 0.1) is 5.92 Å². The van der Waals surface area contributed by atoms with E-state index in [0.717, 1.165) is 13.0 Å². The number of hydrogen-bond acceptors (Lipinski definition) is 6. The molecule has 0 aliphatic carbocycles. The number of H-pyrrole nitrogens is 1. The zero-order valence-electron chi connectivity index (χ0n) is 10.1. The van der Waals surface area contributed by atoms with E-state index in [1.807, 2.05) is 0 Å². The maximum Gasteiger partial charge on any atom is 0.339 e. The Morgan fingerprint density at radius 1 is 1.67 bits per heavy atom. The Bertz CT molecular complexity index is 521. The second-order valence-corrected chi connectivity index (χ2v) is 5.29. The minimum absolute atomic E-state index is 0.00123. The Morgan fingerprint density at radius 3 is 3.11 bits per heavy atom. The van der Waals surface area contributed by atoms with Crippen LogP contribution in [0.3, 0.4) is 0 Å². The fourth-order valence-corrected chi connectivity index (χ4v) is 2.79. The van der Waals surface area contributed by atoms with Crippen molar-refractivity contribution in [2.24, 2.45) is 18.7 Å². The molecule has 100 valence electrons. The summed E-state index contributed by atoms with van der Waals surface area (Å²) in [6.45, 7) is 1.46. The van der Waals surface area contributed by atoms with E-state index in [1.165, 1.54) is 16.4 Å². The molecular weight excluding hydrogens is 256 g/mol. The number of aromatic amines is 1. The molecule has 2 atom stereocenters. The molecule has 3 N–H and O–H groups in total. The van der Waals surface area contributed by atoms with Crippen molar-refractivity contribution in [2.45, 2.75) is 17.6 Å². The van der Waals surface area contributed by atoms with Crippen LogP contribution in [-0.4, -0.2) is 39.8 Å². The molecule has 1 aromatic rings. The van der Waals surface area contributed by atoms with Gasteiger partial charge in [0.05, 0.1) is 6.61 Å². The largest absolute Gasteiger partial charge is 0.381 e. The second-order valence-electron chi connectivity index (χ2n) is 4.30. The Morgan fingerprint density at radius 2 is 2.44 bits per heavy atom. The van der Waals surface area contributed by atoms with E-state index in [-0.39, 0.29) is 6.04 Å². The van der Waals surface area contributed by atoms with Gasteiger partial charge in [0, 0.05) is 31.4 Å². The molecular formula is C10H16N4O3S. The Kier molecular flexibility index (Phi) is 4.20. The van der Waals surface area contributed by atoms with Crippen LogP contribution in [0.2, 0.25) is 0 Å². The number of ether oxygens (including phenoxy) is 1. The third-order valence-corrected chi connectivity index (χ3v) is 4.10. The summed E-state index contributed by atoms with van der Waals surface area (Å²) in [7, 11) is 1.64. The number of nitrogens with two attached hydrogens (primary N) is 1. The van der Waals surface area contributed by atoms with Crippen LogP contribution >= 0.6 is 11.8 Å². The van der Waals surface area contributed by atoms with E-state index in [2.05, 4.69) is 10.1 Å². The van der Waals surface area contributed by atoms with Gasteiger partial charge in [0.25, 0.3) is 0 Å². The topological polar surface area (TPSA) is 103 Å². The summed E-state index contributed by atoms with van der Waals surface area (Å²) in [6, 6.07) is 0.00123. The van der Waals surface area contributed by atoms with Gasteiger partial charge in [-0.1, -0.05) is 11.8 Å². The molecule has 2 unspecified atom stereocenters. The van der Waals surface area contributed by atoms with E-state index >= 15 is 0 Å². The molecule has 7 nitrogen and oxygen atoms in total. The monoisotopic (exact) mass is 272 g/mol. The summed E-state index contributed by atoms with van der Waals surface area (Å²) in [5.74, 6) is 0.998. The lowest BCUT2D eigenvalue weighted by atomic mass is 10.0. The fraction of sp³-hybridized carbons (Fsp3) is 0.700. The van der Waals surface area contributed by atoms with Crippen molar-refractivity contribution in [1.82, 2.24) is 14.8 Å². The molecule has 1 saturated heterocycles. The van der Waals surface area contributed by atoms with Gasteiger partial charge >= 0.3 is 11.1 Å². The van der Waals surface area contributed by atoms with Gasteiger partial charge in [0.15, 0.2) is 5.16 Å². The second kappa shape index (κ2) is 5.68. The molecule has 2 heterocycles. The number of nitrogens with one attached hydrogen (secondary N) is 1. The SMILES string of the molecule is Cn1[nH]c(=O)c(=O)nc1SCC(N)C1CCOC1. The normalized spacial score (nSPS) is 21.1. The first kappa shape index (κ1) is 13.3. The van der Waals surface area contributed by atoms with Crippen LogP contribution in [0.5, 0.6) is 0 Å². The van der Waals surface area contributed by atoms with E-state index in [4.69, 9.17) is 10.5 Å². The highest BCUT2D eigenvalue weighted by molar-refractivity contribution is 7.99. The molecule has 2 rings (SSSR count). The van der Waals surface area contributed by atoms with Gasteiger partial charge in [-0.3, -0.25) is 19.4 Å². The predicted octanol–water partition coefficient (Wildman–Crippen LogP) is -1.08. The number of thioether (sulfide) groups is 1. The van der Waals surface area contributed by atoms with Gasteiger partial charge in [0.1, 0.15) is 0 Å². The van der Waals surface area contributed by atoms with Gasteiger partial charge in [-0.25, -0.2) is 0 Å². The quantitative estimate of drug-likeness (QED) is 0.534. The molecule has 0 bridgehead atoms. The molecule has 1 fully saturated rings. The summed E-state index contributed by atoms with van der Waals surface area (Å²) >= 11 is 1.37. The number of hydrogen-bond donors (Lipinski definition) is 2. The highest BCUT2D eigenvalue weighted by Crippen LogP contribution is 2.20. The van der Waals surface area contributed by atoms with Gasteiger partial charge in [-0.15, -0.1) is 0 Å². The average Bonchev–Trinajstić information content (AvgIpc) is 2.85. The lowest BCUT2D eigenvalue weighted by Gasteiger charge is -2.17. The highest BCUT2D eigenvalue weighted by atomic mass is 32.2. The molecule has 0 radical (unpaired) electrons. The van der Waals surface area contributed by atoms with Gasteiger partial charge in [-0.2, -0.15) is 4.98 Å². The van der Waals surface area contributed by atoms with Crippen molar-refractivity contribution in [1.29, 1.82) is 0 Å². The van der Waals surface area contributed by atoms with E-state index in [9.17, 15) is 9.59 Å². The number of aromatic nitrogens is 3. The Hall–Kier alpha value is -1.12.